The maximum atomic E-state index is 9.63. The fourth-order valence-electron chi connectivity index (χ4n) is 1.29. The van der Waals surface area contributed by atoms with Crippen LogP contribution in [0.4, 0.5) is 0 Å². The van der Waals surface area contributed by atoms with E-state index in [9.17, 15) is 5.11 Å². The smallest absolute Gasteiger partial charge is 0.119 e. The van der Waals surface area contributed by atoms with Crippen LogP contribution >= 0.6 is 0 Å². The standard InChI is InChI=1S/C12H18O3/c1-9(2)15-11-6-4-10(5-7-11)12(13)8-14-3/h4-7,9,12-13H,8H2,1-3H3. The van der Waals surface area contributed by atoms with Gasteiger partial charge in [-0.2, -0.15) is 0 Å². The SMILES string of the molecule is COCC(O)c1ccc(OC(C)C)cc1. The molecule has 0 aliphatic rings. The van der Waals surface area contributed by atoms with Crippen LogP contribution in [0, 0.1) is 0 Å². The van der Waals surface area contributed by atoms with Crippen LogP contribution in [0.2, 0.25) is 0 Å². The van der Waals surface area contributed by atoms with E-state index in [2.05, 4.69) is 0 Å². The Bertz CT molecular complexity index is 279. The molecule has 1 unspecified atom stereocenters. The molecule has 0 saturated carbocycles. The van der Waals surface area contributed by atoms with E-state index in [1.165, 1.54) is 0 Å². The van der Waals surface area contributed by atoms with Crippen LogP contribution in [-0.4, -0.2) is 24.9 Å². The number of methoxy groups -OCH3 is 1. The Morgan fingerprint density at radius 1 is 1.20 bits per heavy atom. The Balaban J connectivity index is 2.63. The Morgan fingerprint density at radius 2 is 1.80 bits per heavy atom. The third kappa shape index (κ3) is 3.90. The summed E-state index contributed by atoms with van der Waals surface area (Å²) in [6.45, 7) is 4.27. The second kappa shape index (κ2) is 5.73. The minimum Gasteiger partial charge on any atom is -0.491 e. The highest BCUT2D eigenvalue weighted by atomic mass is 16.5. The fraction of sp³-hybridized carbons (Fsp3) is 0.500. The molecule has 0 saturated heterocycles. The topological polar surface area (TPSA) is 38.7 Å². The van der Waals surface area contributed by atoms with E-state index in [1.807, 2.05) is 38.1 Å². The molecule has 15 heavy (non-hydrogen) atoms. The van der Waals surface area contributed by atoms with Crippen molar-refractivity contribution in [1.82, 2.24) is 0 Å². The molecule has 0 amide bonds. The molecule has 1 aromatic rings. The van der Waals surface area contributed by atoms with Crippen molar-refractivity contribution in [2.45, 2.75) is 26.1 Å². The van der Waals surface area contributed by atoms with E-state index in [0.717, 1.165) is 11.3 Å². The van der Waals surface area contributed by atoms with E-state index in [-0.39, 0.29) is 6.10 Å². The second-order valence-electron chi connectivity index (χ2n) is 3.71. The fourth-order valence-corrected chi connectivity index (χ4v) is 1.29. The van der Waals surface area contributed by atoms with Gasteiger partial charge in [0.1, 0.15) is 11.9 Å². The number of benzene rings is 1. The molecular formula is C12H18O3. The van der Waals surface area contributed by atoms with Gasteiger partial charge >= 0.3 is 0 Å². The average Bonchev–Trinajstić information content (AvgIpc) is 2.18. The second-order valence-corrected chi connectivity index (χ2v) is 3.71. The lowest BCUT2D eigenvalue weighted by Crippen LogP contribution is -2.07. The number of hydrogen-bond acceptors (Lipinski definition) is 3. The summed E-state index contributed by atoms with van der Waals surface area (Å²) in [5.74, 6) is 0.818. The molecule has 3 heteroatoms. The number of rotatable bonds is 5. The summed E-state index contributed by atoms with van der Waals surface area (Å²) in [5.41, 5.74) is 0.841. The molecule has 0 bridgehead atoms. The molecule has 0 aromatic heterocycles. The molecule has 0 heterocycles. The minimum absolute atomic E-state index is 0.166. The van der Waals surface area contributed by atoms with Gasteiger partial charge in [-0.25, -0.2) is 0 Å². The maximum absolute atomic E-state index is 9.63. The van der Waals surface area contributed by atoms with Crippen molar-refractivity contribution in [3.8, 4) is 5.75 Å². The molecule has 0 radical (unpaired) electrons. The summed E-state index contributed by atoms with van der Waals surface area (Å²) in [4.78, 5) is 0. The lowest BCUT2D eigenvalue weighted by Gasteiger charge is -2.12. The Kier molecular flexibility index (Phi) is 4.59. The van der Waals surface area contributed by atoms with Crippen LogP contribution in [0.25, 0.3) is 0 Å². The number of aliphatic hydroxyl groups is 1. The van der Waals surface area contributed by atoms with Crippen LogP contribution in [0.15, 0.2) is 24.3 Å². The summed E-state index contributed by atoms with van der Waals surface area (Å²) in [6, 6.07) is 7.41. The van der Waals surface area contributed by atoms with Gasteiger partial charge in [0, 0.05) is 7.11 Å². The van der Waals surface area contributed by atoms with Gasteiger partial charge in [-0.05, 0) is 31.5 Å². The largest absolute Gasteiger partial charge is 0.491 e. The Hall–Kier alpha value is -1.06. The zero-order valence-electron chi connectivity index (χ0n) is 9.43. The molecule has 1 rings (SSSR count). The number of hydrogen-bond donors (Lipinski definition) is 1. The van der Waals surface area contributed by atoms with Crippen LogP contribution in [0.3, 0.4) is 0 Å². The zero-order valence-corrected chi connectivity index (χ0v) is 9.43. The highest BCUT2D eigenvalue weighted by molar-refractivity contribution is 5.28. The lowest BCUT2D eigenvalue weighted by atomic mass is 10.1. The van der Waals surface area contributed by atoms with Gasteiger partial charge in [-0.1, -0.05) is 12.1 Å². The van der Waals surface area contributed by atoms with Gasteiger partial charge in [0.25, 0.3) is 0 Å². The van der Waals surface area contributed by atoms with E-state index in [0.29, 0.717) is 6.61 Å². The summed E-state index contributed by atoms with van der Waals surface area (Å²) < 4.78 is 10.4. The van der Waals surface area contributed by atoms with Gasteiger partial charge in [0.2, 0.25) is 0 Å². The predicted molar refractivity (Wildman–Crippen MR) is 59.0 cm³/mol. The van der Waals surface area contributed by atoms with Crippen LogP contribution < -0.4 is 4.74 Å². The molecule has 0 aliphatic carbocycles. The van der Waals surface area contributed by atoms with E-state index < -0.39 is 6.10 Å². The van der Waals surface area contributed by atoms with Gasteiger partial charge in [0.15, 0.2) is 0 Å². The number of aliphatic hydroxyl groups excluding tert-OH is 1. The molecule has 0 aliphatic heterocycles. The van der Waals surface area contributed by atoms with E-state index in [1.54, 1.807) is 7.11 Å². The van der Waals surface area contributed by atoms with Crippen molar-refractivity contribution in [1.29, 1.82) is 0 Å². The van der Waals surface area contributed by atoms with E-state index in [4.69, 9.17) is 9.47 Å². The van der Waals surface area contributed by atoms with Crippen LogP contribution in [0.5, 0.6) is 5.75 Å². The summed E-state index contributed by atoms with van der Waals surface area (Å²) >= 11 is 0. The first-order valence-electron chi connectivity index (χ1n) is 5.07. The minimum atomic E-state index is -0.567. The molecule has 3 nitrogen and oxygen atoms in total. The summed E-state index contributed by atoms with van der Waals surface area (Å²) in [7, 11) is 1.57. The highest BCUT2D eigenvalue weighted by Gasteiger charge is 2.06. The third-order valence-corrected chi connectivity index (χ3v) is 1.96. The Morgan fingerprint density at radius 3 is 2.27 bits per heavy atom. The van der Waals surface area contributed by atoms with E-state index >= 15 is 0 Å². The molecule has 1 atom stereocenters. The lowest BCUT2D eigenvalue weighted by molar-refractivity contribution is 0.0643. The molecule has 1 N–H and O–H groups in total. The van der Waals surface area contributed by atoms with Crippen LogP contribution in [0.1, 0.15) is 25.5 Å². The van der Waals surface area contributed by atoms with Crippen molar-refractivity contribution in [3.05, 3.63) is 29.8 Å². The first-order chi connectivity index (χ1) is 7.13. The van der Waals surface area contributed by atoms with Gasteiger partial charge < -0.3 is 14.6 Å². The number of ether oxygens (including phenoxy) is 2. The summed E-state index contributed by atoms with van der Waals surface area (Å²) in [5, 5.41) is 9.63. The molecule has 84 valence electrons. The predicted octanol–water partition coefficient (Wildman–Crippen LogP) is 2.15. The summed E-state index contributed by atoms with van der Waals surface area (Å²) in [6.07, 6.45) is -0.400. The molecule has 1 aromatic carbocycles. The van der Waals surface area contributed by atoms with Crippen molar-refractivity contribution in [3.63, 3.8) is 0 Å². The highest BCUT2D eigenvalue weighted by Crippen LogP contribution is 2.18. The molecular weight excluding hydrogens is 192 g/mol. The van der Waals surface area contributed by atoms with Gasteiger partial charge in [-0.15, -0.1) is 0 Å². The monoisotopic (exact) mass is 210 g/mol. The maximum Gasteiger partial charge on any atom is 0.119 e. The average molecular weight is 210 g/mol. The first kappa shape index (κ1) is 12.0. The zero-order chi connectivity index (χ0) is 11.3. The van der Waals surface area contributed by atoms with Crippen molar-refractivity contribution >= 4 is 0 Å². The van der Waals surface area contributed by atoms with Crippen molar-refractivity contribution in [2.24, 2.45) is 0 Å². The van der Waals surface area contributed by atoms with Crippen LogP contribution in [-0.2, 0) is 4.74 Å². The molecule has 0 fully saturated rings. The van der Waals surface area contributed by atoms with Gasteiger partial charge in [0.05, 0.1) is 12.7 Å². The normalized spacial score (nSPS) is 12.9. The molecule has 0 spiro atoms. The van der Waals surface area contributed by atoms with Gasteiger partial charge in [-0.3, -0.25) is 0 Å². The Labute approximate surface area is 90.6 Å². The quantitative estimate of drug-likeness (QED) is 0.809. The first-order valence-corrected chi connectivity index (χ1v) is 5.07. The third-order valence-electron chi connectivity index (χ3n) is 1.96. The van der Waals surface area contributed by atoms with Crippen molar-refractivity contribution < 1.29 is 14.6 Å². The van der Waals surface area contributed by atoms with Crippen molar-refractivity contribution in [2.75, 3.05) is 13.7 Å².